The van der Waals surface area contributed by atoms with Gasteiger partial charge in [0.15, 0.2) is 0 Å². The van der Waals surface area contributed by atoms with Gasteiger partial charge in [0.1, 0.15) is 11.6 Å². The third kappa shape index (κ3) is 2.90. The van der Waals surface area contributed by atoms with Crippen molar-refractivity contribution in [3.8, 4) is 0 Å². The van der Waals surface area contributed by atoms with Gasteiger partial charge >= 0.3 is 0 Å². The second-order valence-electron chi connectivity index (χ2n) is 4.62. The van der Waals surface area contributed by atoms with Crippen LogP contribution >= 0.6 is 11.3 Å². The number of thiophene rings is 1. The molecule has 0 saturated carbocycles. The summed E-state index contributed by atoms with van der Waals surface area (Å²) >= 11 is 1.43. The SMILES string of the molecule is CCc1ccsc1C(O)C(CN)c1ccc(F)cc1F. The maximum atomic E-state index is 13.9. The zero-order valence-electron chi connectivity index (χ0n) is 11.1. The van der Waals surface area contributed by atoms with Crippen molar-refractivity contribution in [2.24, 2.45) is 5.73 Å². The van der Waals surface area contributed by atoms with Gasteiger partial charge in [0, 0.05) is 23.4 Å². The Balaban J connectivity index is 2.36. The van der Waals surface area contributed by atoms with Gasteiger partial charge in [-0.15, -0.1) is 11.3 Å². The lowest BCUT2D eigenvalue weighted by Crippen LogP contribution is -2.21. The number of rotatable bonds is 5. The summed E-state index contributed by atoms with van der Waals surface area (Å²) in [5.41, 5.74) is 6.97. The van der Waals surface area contributed by atoms with Crippen LogP contribution in [0.3, 0.4) is 0 Å². The van der Waals surface area contributed by atoms with E-state index < -0.39 is 23.7 Å². The highest BCUT2D eigenvalue weighted by atomic mass is 32.1. The molecule has 0 amide bonds. The molecule has 2 rings (SSSR count). The van der Waals surface area contributed by atoms with Gasteiger partial charge in [-0.25, -0.2) is 8.78 Å². The van der Waals surface area contributed by atoms with Crippen molar-refractivity contribution in [1.82, 2.24) is 0 Å². The molecule has 5 heteroatoms. The summed E-state index contributed by atoms with van der Waals surface area (Å²) in [6.07, 6.45) is -0.0890. The van der Waals surface area contributed by atoms with Crippen molar-refractivity contribution in [3.63, 3.8) is 0 Å². The molecule has 0 spiro atoms. The molecule has 3 N–H and O–H groups in total. The highest BCUT2D eigenvalue weighted by Gasteiger charge is 2.26. The number of hydrogen-bond donors (Lipinski definition) is 2. The van der Waals surface area contributed by atoms with Crippen molar-refractivity contribution >= 4 is 11.3 Å². The predicted octanol–water partition coefficient (Wildman–Crippen LogP) is 3.36. The fraction of sp³-hybridized carbons (Fsp3) is 0.333. The Kier molecular flexibility index (Phi) is 4.86. The minimum atomic E-state index is -0.880. The highest BCUT2D eigenvalue weighted by Crippen LogP contribution is 2.36. The normalized spacial score (nSPS) is 14.2. The number of benzene rings is 1. The van der Waals surface area contributed by atoms with Gasteiger partial charge in [0.2, 0.25) is 0 Å². The largest absolute Gasteiger partial charge is 0.387 e. The molecule has 0 aliphatic rings. The van der Waals surface area contributed by atoms with Gasteiger partial charge < -0.3 is 10.8 Å². The molecule has 0 aliphatic heterocycles. The van der Waals surface area contributed by atoms with E-state index in [2.05, 4.69) is 0 Å². The minimum absolute atomic E-state index is 0.0881. The van der Waals surface area contributed by atoms with E-state index in [1.165, 1.54) is 23.5 Å². The Morgan fingerprint density at radius 2 is 2.05 bits per heavy atom. The molecule has 2 atom stereocenters. The quantitative estimate of drug-likeness (QED) is 0.889. The number of aliphatic hydroxyl groups excluding tert-OH is 1. The lowest BCUT2D eigenvalue weighted by Gasteiger charge is -2.22. The molecule has 0 fully saturated rings. The molecular weight excluding hydrogens is 280 g/mol. The molecule has 0 aliphatic carbocycles. The summed E-state index contributed by atoms with van der Waals surface area (Å²) in [4.78, 5) is 0.798. The van der Waals surface area contributed by atoms with Gasteiger partial charge in [-0.2, -0.15) is 0 Å². The molecular formula is C15H17F2NOS. The fourth-order valence-electron chi connectivity index (χ4n) is 2.31. The molecule has 2 nitrogen and oxygen atoms in total. The van der Waals surface area contributed by atoms with Gasteiger partial charge in [-0.3, -0.25) is 0 Å². The average Bonchev–Trinajstić information content (AvgIpc) is 2.90. The first kappa shape index (κ1) is 15.1. The lowest BCUT2D eigenvalue weighted by molar-refractivity contribution is 0.148. The van der Waals surface area contributed by atoms with E-state index in [0.717, 1.165) is 22.9 Å². The third-order valence-corrected chi connectivity index (χ3v) is 4.46. The smallest absolute Gasteiger partial charge is 0.129 e. The topological polar surface area (TPSA) is 46.2 Å². The zero-order chi connectivity index (χ0) is 14.7. The Morgan fingerprint density at radius 3 is 2.65 bits per heavy atom. The van der Waals surface area contributed by atoms with Crippen molar-refractivity contribution < 1.29 is 13.9 Å². The summed E-state index contributed by atoms with van der Waals surface area (Å²) in [6.45, 7) is 2.08. The Morgan fingerprint density at radius 1 is 1.30 bits per heavy atom. The van der Waals surface area contributed by atoms with Crippen LogP contribution in [-0.2, 0) is 6.42 Å². The molecule has 2 unspecified atom stereocenters. The second-order valence-corrected chi connectivity index (χ2v) is 5.56. The van der Waals surface area contributed by atoms with Crippen molar-refractivity contribution in [2.45, 2.75) is 25.4 Å². The van der Waals surface area contributed by atoms with Gasteiger partial charge in [-0.1, -0.05) is 13.0 Å². The van der Waals surface area contributed by atoms with Crippen LogP contribution in [0.4, 0.5) is 8.78 Å². The van der Waals surface area contributed by atoms with Crippen LogP contribution in [-0.4, -0.2) is 11.7 Å². The van der Waals surface area contributed by atoms with Crippen molar-refractivity contribution in [1.29, 1.82) is 0 Å². The minimum Gasteiger partial charge on any atom is -0.387 e. The van der Waals surface area contributed by atoms with E-state index in [-0.39, 0.29) is 12.1 Å². The zero-order valence-corrected chi connectivity index (χ0v) is 12.0. The summed E-state index contributed by atoms with van der Waals surface area (Å²) in [5, 5.41) is 12.4. The fourth-order valence-corrected chi connectivity index (χ4v) is 3.36. The van der Waals surface area contributed by atoms with Gasteiger partial charge in [0.25, 0.3) is 0 Å². The van der Waals surface area contributed by atoms with E-state index in [4.69, 9.17) is 5.73 Å². The van der Waals surface area contributed by atoms with Crippen LogP contribution in [0.5, 0.6) is 0 Å². The van der Waals surface area contributed by atoms with E-state index in [1.807, 2.05) is 18.4 Å². The van der Waals surface area contributed by atoms with Crippen LogP contribution in [0.2, 0.25) is 0 Å². The molecule has 108 valence electrons. The first-order chi connectivity index (χ1) is 9.58. The number of nitrogens with two attached hydrogens (primary N) is 1. The second kappa shape index (κ2) is 6.43. The Bertz CT molecular complexity index is 585. The van der Waals surface area contributed by atoms with Crippen molar-refractivity contribution in [2.75, 3.05) is 6.54 Å². The van der Waals surface area contributed by atoms with E-state index in [0.29, 0.717) is 0 Å². The highest BCUT2D eigenvalue weighted by molar-refractivity contribution is 7.10. The first-order valence-corrected chi connectivity index (χ1v) is 7.35. The van der Waals surface area contributed by atoms with Crippen LogP contribution in [0.25, 0.3) is 0 Å². The first-order valence-electron chi connectivity index (χ1n) is 6.47. The maximum absolute atomic E-state index is 13.9. The van der Waals surface area contributed by atoms with E-state index >= 15 is 0 Å². The summed E-state index contributed by atoms with van der Waals surface area (Å²) in [6, 6.07) is 5.30. The van der Waals surface area contributed by atoms with Crippen LogP contribution in [0, 0.1) is 11.6 Å². The third-order valence-electron chi connectivity index (χ3n) is 3.43. The number of halogens is 2. The summed E-state index contributed by atoms with van der Waals surface area (Å²) in [7, 11) is 0. The van der Waals surface area contributed by atoms with Crippen LogP contribution < -0.4 is 5.73 Å². The monoisotopic (exact) mass is 297 g/mol. The number of hydrogen-bond acceptors (Lipinski definition) is 3. The molecule has 1 aromatic carbocycles. The lowest BCUT2D eigenvalue weighted by atomic mass is 9.90. The molecule has 0 radical (unpaired) electrons. The molecule has 1 heterocycles. The Hall–Kier alpha value is -1.30. The van der Waals surface area contributed by atoms with Crippen LogP contribution in [0.1, 0.15) is 34.9 Å². The van der Waals surface area contributed by atoms with E-state index in [1.54, 1.807) is 0 Å². The maximum Gasteiger partial charge on any atom is 0.129 e. The van der Waals surface area contributed by atoms with Gasteiger partial charge in [-0.05, 0) is 35.1 Å². The van der Waals surface area contributed by atoms with E-state index in [9.17, 15) is 13.9 Å². The molecule has 0 bridgehead atoms. The van der Waals surface area contributed by atoms with Crippen LogP contribution in [0.15, 0.2) is 29.6 Å². The molecule has 20 heavy (non-hydrogen) atoms. The predicted molar refractivity (Wildman–Crippen MR) is 76.8 cm³/mol. The molecule has 2 aromatic rings. The Labute approximate surface area is 120 Å². The van der Waals surface area contributed by atoms with Gasteiger partial charge in [0.05, 0.1) is 6.10 Å². The molecule has 1 aromatic heterocycles. The summed E-state index contributed by atoms with van der Waals surface area (Å²) < 4.78 is 26.8. The number of aryl methyl sites for hydroxylation is 1. The molecule has 0 saturated heterocycles. The van der Waals surface area contributed by atoms with Crippen molar-refractivity contribution in [3.05, 3.63) is 57.3 Å². The summed E-state index contributed by atoms with van der Waals surface area (Å²) in [5.74, 6) is -1.89. The average molecular weight is 297 g/mol. The standard InChI is InChI=1S/C15H17F2NOS/c1-2-9-5-6-20-15(9)14(19)12(8-18)11-4-3-10(16)7-13(11)17/h3-7,12,14,19H,2,8,18H2,1H3. The number of aliphatic hydroxyl groups is 1.